The topological polar surface area (TPSA) is 3.24 Å². The molecule has 0 aromatic rings. The molecular weight excluding hydrogens is 110 g/mol. The van der Waals surface area contributed by atoms with Crippen LogP contribution < -0.4 is 0 Å². The minimum absolute atomic E-state index is 1.05. The quantitative estimate of drug-likeness (QED) is 0.466. The highest BCUT2D eigenvalue weighted by Gasteiger charge is 2.53. The van der Waals surface area contributed by atoms with Gasteiger partial charge in [-0.05, 0) is 37.6 Å². The van der Waals surface area contributed by atoms with Crippen LogP contribution in [0, 0.1) is 11.8 Å². The minimum Gasteiger partial charge on any atom is -0.300 e. The van der Waals surface area contributed by atoms with E-state index in [1.807, 2.05) is 0 Å². The molecule has 1 heteroatoms. The van der Waals surface area contributed by atoms with Crippen molar-refractivity contribution in [2.45, 2.75) is 25.3 Å². The normalized spacial score (nSPS) is 55.3. The van der Waals surface area contributed by atoms with Crippen LogP contribution in [0.2, 0.25) is 0 Å². The highest BCUT2D eigenvalue weighted by Crippen LogP contribution is 2.52. The van der Waals surface area contributed by atoms with Gasteiger partial charge in [0.05, 0.1) is 0 Å². The van der Waals surface area contributed by atoms with E-state index in [4.69, 9.17) is 0 Å². The molecule has 2 saturated heterocycles. The second kappa shape index (κ2) is 1.34. The molecule has 1 aliphatic carbocycles. The van der Waals surface area contributed by atoms with E-state index in [2.05, 4.69) is 4.90 Å². The summed E-state index contributed by atoms with van der Waals surface area (Å²) in [5, 5.41) is 0. The highest BCUT2D eigenvalue weighted by molar-refractivity contribution is 5.06. The van der Waals surface area contributed by atoms with Gasteiger partial charge in [0, 0.05) is 12.6 Å². The summed E-state index contributed by atoms with van der Waals surface area (Å²) in [4.78, 5) is 2.71. The molecule has 2 aliphatic heterocycles. The Hall–Kier alpha value is -0.0400. The van der Waals surface area contributed by atoms with Gasteiger partial charge >= 0.3 is 0 Å². The molecule has 0 N–H and O–H groups in total. The van der Waals surface area contributed by atoms with Crippen LogP contribution >= 0.6 is 0 Å². The van der Waals surface area contributed by atoms with Crippen LogP contribution in [0.15, 0.2) is 0 Å². The highest BCUT2D eigenvalue weighted by atomic mass is 15.2. The third-order valence-corrected chi connectivity index (χ3v) is 3.35. The Kier molecular flexibility index (Phi) is 0.704. The summed E-state index contributed by atoms with van der Waals surface area (Å²) >= 11 is 0. The largest absolute Gasteiger partial charge is 0.300 e. The fourth-order valence-electron chi connectivity index (χ4n) is 2.82. The first kappa shape index (κ1) is 4.73. The SMILES string of the molecule is C1CC2C3CC3CN2C1. The zero-order valence-electron chi connectivity index (χ0n) is 5.71. The van der Waals surface area contributed by atoms with E-state index in [0.29, 0.717) is 0 Å². The number of nitrogens with zero attached hydrogens (tertiary/aromatic N) is 1. The Labute approximate surface area is 56.0 Å². The Bertz CT molecular complexity index is 144. The average Bonchev–Trinajstić information content (AvgIpc) is 2.38. The van der Waals surface area contributed by atoms with Crippen LogP contribution in [0.4, 0.5) is 0 Å². The van der Waals surface area contributed by atoms with Gasteiger partial charge in [0.25, 0.3) is 0 Å². The van der Waals surface area contributed by atoms with Crippen LogP contribution in [-0.4, -0.2) is 24.0 Å². The van der Waals surface area contributed by atoms with Gasteiger partial charge in [0.1, 0.15) is 0 Å². The Balaban J connectivity index is 1.88. The molecule has 0 radical (unpaired) electrons. The predicted molar refractivity (Wildman–Crippen MR) is 36.2 cm³/mol. The molecule has 3 aliphatic rings. The van der Waals surface area contributed by atoms with E-state index in [9.17, 15) is 0 Å². The molecule has 3 rings (SSSR count). The minimum atomic E-state index is 1.05. The zero-order valence-corrected chi connectivity index (χ0v) is 5.71. The van der Waals surface area contributed by atoms with Crippen molar-refractivity contribution in [1.82, 2.24) is 4.90 Å². The van der Waals surface area contributed by atoms with Crippen LogP contribution in [0.5, 0.6) is 0 Å². The second-order valence-electron chi connectivity index (χ2n) is 3.86. The number of hydrogen-bond acceptors (Lipinski definition) is 1. The number of fused-ring (bicyclic) bond motifs is 3. The van der Waals surface area contributed by atoms with Gasteiger partial charge in [-0.1, -0.05) is 0 Å². The Morgan fingerprint density at radius 3 is 3.22 bits per heavy atom. The molecule has 3 atom stereocenters. The monoisotopic (exact) mass is 123 g/mol. The summed E-state index contributed by atoms with van der Waals surface area (Å²) in [6.07, 6.45) is 4.57. The molecule has 0 aromatic carbocycles. The van der Waals surface area contributed by atoms with Crippen molar-refractivity contribution in [2.24, 2.45) is 11.8 Å². The first-order valence-corrected chi connectivity index (χ1v) is 4.19. The maximum atomic E-state index is 2.71. The van der Waals surface area contributed by atoms with Crippen molar-refractivity contribution < 1.29 is 0 Å². The summed E-state index contributed by atoms with van der Waals surface area (Å²) in [6.45, 7) is 2.87. The molecule has 0 aromatic heterocycles. The summed E-state index contributed by atoms with van der Waals surface area (Å²) in [6, 6.07) is 1.05. The molecule has 50 valence electrons. The van der Waals surface area contributed by atoms with Crippen molar-refractivity contribution >= 4 is 0 Å². The van der Waals surface area contributed by atoms with Gasteiger partial charge in [-0.3, -0.25) is 4.90 Å². The fraction of sp³-hybridized carbons (Fsp3) is 1.00. The van der Waals surface area contributed by atoms with Gasteiger partial charge in [0.2, 0.25) is 0 Å². The summed E-state index contributed by atoms with van der Waals surface area (Å²) in [5.74, 6) is 2.31. The maximum Gasteiger partial charge on any atom is 0.0127 e. The molecule has 0 amide bonds. The fourth-order valence-corrected chi connectivity index (χ4v) is 2.82. The Morgan fingerprint density at radius 1 is 1.33 bits per heavy atom. The molecular formula is C8H13N. The predicted octanol–water partition coefficient (Wildman–Crippen LogP) is 1.10. The molecule has 3 unspecified atom stereocenters. The first-order valence-electron chi connectivity index (χ1n) is 4.19. The maximum absolute atomic E-state index is 2.71. The van der Waals surface area contributed by atoms with Crippen molar-refractivity contribution in [2.75, 3.05) is 13.1 Å². The van der Waals surface area contributed by atoms with E-state index < -0.39 is 0 Å². The lowest BCUT2D eigenvalue weighted by Crippen LogP contribution is -2.26. The third kappa shape index (κ3) is 0.493. The number of rotatable bonds is 0. The van der Waals surface area contributed by atoms with Gasteiger partial charge in [-0.15, -0.1) is 0 Å². The van der Waals surface area contributed by atoms with E-state index in [-0.39, 0.29) is 0 Å². The molecule has 2 heterocycles. The molecule has 0 bridgehead atoms. The van der Waals surface area contributed by atoms with Crippen LogP contribution in [-0.2, 0) is 0 Å². The van der Waals surface area contributed by atoms with E-state index >= 15 is 0 Å². The lowest BCUT2D eigenvalue weighted by molar-refractivity contribution is 0.283. The Morgan fingerprint density at radius 2 is 2.33 bits per heavy atom. The second-order valence-corrected chi connectivity index (χ2v) is 3.86. The van der Waals surface area contributed by atoms with Gasteiger partial charge in [0.15, 0.2) is 0 Å². The van der Waals surface area contributed by atoms with Crippen molar-refractivity contribution in [3.05, 3.63) is 0 Å². The smallest absolute Gasteiger partial charge is 0.0127 e. The summed E-state index contributed by atoms with van der Waals surface area (Å²) in [5.41, 5.74) is 0. The van der Waals surface area contributed by atoms with Crippen LogP contribution in [0.1, 0.15) is 19.3 Å². The zero-order chi connectivity index (χ0) is 5.84. The summed E-state index contributed by atoms with van der Waals surface area (Å²) < 4.78 is 0. The van der Waals surface area contributed by atoms with Crippen LogP contribution in [0.25, 0.3) is 0 Å². The summed E-state index contributed by atoms with van der Waals surface area (Å²) in [7, 11) is 0. The standard InChI is InChI=1S/C8H13N/c1-2-8-7-4-6(7)5-9(8)3-1/h6-8H,1-5H2. The average molecular weight is 123 g/mol. The van der Waals surface area contributed by atoms with Gasteiger partial charge < -0.3 is 0 Å². The van der Waals surface area contributed by atoms with E-state index in [1.165, 1.54) is 25.9 Å². The molecule has 3 fully saturated rings. The lowest BCUT2D eigenvalue weighted by atomic mass is 10.1. The van der Waals surface area contributed by atoms with Crippen LogP contribution in [0.3, 0.4) is 0 Å². The molecule has 0 spiro atoms. The van der Waals surface area contributed by atoms with Crippen molar-refractivity contribution in [3.8, 4) is 0 Å². The number of piperidine rings is 1. The number of hydrogen-bond donors (Lipinski definition) is 0. The third-order valence-electron chi connectivity index (χ3n) is 3.35. The molecule has 1 saturated carbocycles. The first-order chi connectivity index (χ1) is 4.45. The van der Waals surface area contributed by atoms with Crippen molar-refractivity contribution in [3.63, 3.8) is 0 Å². The van der Waals surface area contributed by atoms with Gasteiger partial charge in [-0.2, -0.15) is 0 Å². The van der Waals surface area contributed by atoms with E-state index in [1.54, 1.807) is 6.42 Å². The van der Waals surface area contributed by atoms with Gasteiger partial charge in [-0.25, -0.2) is 0 Å². The van der Waals surface area contributed by atoms with E-state index in [0.717, 1.165) is 17.9 Å². The molecule has 9 heavy (non-hydrogen) atoms. The lowest BCUT2D eigenvalue weighted by Gasteiger charge is -2.16. The molecule has 1 nitrogen and oxygen atoms in total. The van der Waals surface area contributed by atoms with Crippen molar-refractivity contribution in [1.29, 1.82) is 0 Å².